The Morgan fingerprint density at radius 3 is 2.40 bits per heavy atom. The first-order valence-corrected chi connectivity index (χ1v) is 8.72. The van der Waals surface area contributed by atoms with E-state index in [2.05, 4.69) is 15.2 Å². The molecule has 0 atom stereocenters. The van der Waals surface area contributed by atoms with Crippen LogP contribution in [0.5, 0.6) is 0 Å². The summed E-state index contributed by atoms with van der Waals surface area (Å²) in [5.41, 5.74) is 0.630. The number of nitrogens with zero attached hydrogens (tertiary/aromatic N) is 3. The van der Waals surface area contributed by atoms with Crippen LogP contribution in [0.2, 0.25) is 0 Å². The molecule has 3 rings (SSSR count). The maximum absolute atomic E-state index is 12.4. The van der Waals surface area contributed by atoms with Crippen LogP contribution in [0.4, 0.5) is 24.7 Å². The number of nitrogens with one attached hydrogen (secondary N) is 1. The van der Waals surface area contributed by atoms with E-state index < -0.39 is 12.7 Å². The van der Waals surface area contributed by atoms with Crippen molar-refractivity contribution < 1.29 is 18.0 Å². The lowest BCUT2D eigenvalue weighted by Crippen LogP contribution is -2.42. The molecule has 0 aromatic carbocycles. The van der Waals surface area contributed by atoms with Gasteiger partial charge in [-0.25, -0.2) is 4.98 Å². The summed E-state index contributed by atoms with van der Waals surface area (Å²) in [5.74, 6) is 0.529. The molecule has 0 unspecified atom stereocenters. The average molecular weight is 356 g/mol. The lowest BCUT2D eigenvalue weighted by molar-refractivity contribution is -0.149. The largest absolute Gasteiger partial charge is 0.401 e. The van der Waals surface area contributed by atoms with Crippen molar-refractivity contribution in [3.05, 3.63) is 18.3 Å². The monoisotopic (exact) mass is 356 g/mol. The third-order valence-corrected chi connectivity index (χ3v) is 4.81. The molecule has 2 fully saturated rings. The van der Waals surface area contributed by atoms with Crippen LogP contribution >= 0.6 is 0 Å². The van der Waals surface area contributed by atoms with Crippen molar-refractivity contribution in [2.75, 3.05) is 42.9 Å². The van der Waals surface area contributed by atoms with Gasteiger partial charge in [-0.05, 0) is 50.9 Å². The highest BCUT2D eigenvalue weighted by Gasteiger charge is 2.33. The highest BCUT2D eigenvalue weighted by atomic mass is 19.4. The van der Waals surface area contributed by atoms with E-state index in [0.29, 0.717) is 31.6 Å². The van der Waals surface area contributed by atoms with Gasteiger partial charge in [-0.2, -0.15) is 13.2 Å². The van der Waals surface area contributed by atoms with E-state index in [-0.39, 0.29) is 11.8 Å². The highest BCUT2D eigenvalue weighted by molar-refractivity contribution is 5.92. The van der Waals surface area contributed by atoms with Crippen LogP contribution in [-0.2, 0) is 4.79 Å². The molecule has 0 spiro atoms. The van der Waals surface area contributed by atoms with E-state index in [1.807, 2.05) is 12.1 Å². The van der Waals surface area contributed by atoms with E-state index in [1.165, 1.54) is 17.7 Å². The maximum atomic E-state index is 12.4. The summed E-state index contributed by atoms with van der Waals surface area (Å²) >= 11 is 0. The molecule has 138 valence electrons. The van der Waals surface area contributed by atoms with Crippen LogP contribution in [-0.4, -0.2) is 54.7 Å². The predicted molar refractivity (Wildman–Crippen MR) is 89.5 cm³/mol. The Labute approximate surface area is 145 Å². The lowest BCUT2D eigenvalue weighted by atomic mass is 9.96. The molecule has 1 amide bonds. The Kier molecular flexibility index (Phi) is 5.46. The number of anilines is 2. The third-order valence-electron chi connectivity index (χ3n) is 4.81. The summed E-state index contributed by atoms with van der Waals surface area (Å²) in [6, 6.07) is 3.73. The quantitative estimate of drug-likeness (QED) is 0.901. The van der Waals surface area contributed by atoms with Gasteiger partial charge in [-0.1, -0.05) is 0 Å². The molecule has 0 aliphatic carbocycles. The van der Waals surface area contributed by atoms with Crippen molar-refractivity contribution in [1.29, 1.82) is 0 Å². The summed E-state index contributed by atoms with van der Waals surface area (Å²) in [7, 11) is 0. The Balaban J connectivity index is 1.48. The smallest absolute Gasteiger partial charge is 0.357 e. The summed E-state index contributed by atoms with van der Waals surface area (Å²) in [4.78, 5) is 20.3. The van der Waals surface area contributed by atoms with E-state index in [4.69, 9.17) is 0 Å². The number of carbonyl (C=O) groups excluding carboxylic acids is 1. The van der Waals surface area contributed by atoms with Crippen molar-refractivity contribution in [2.24, 2.45) is 5.92 Å². The number of carbonyl (C=O) groups is 1. The van der Waals surface area contributed by atoms with Crippen LogP contribution in [0.3, 0.4) is 0 Å². The number of piperidine rings is 1. The van der Waals surface area contributed by atoms with Gasteiger partial charge in [0, 0.05) is 19.0 Å². The molecule has 8 heteroatoms. The van der Waals surface area contributed by atoms with Crippen LogP contribution in [0, 0.1) is 5.92 Å². The number of rotatable bonds is 4. The predicted octanol–water partition coefficient (Wildman–Crippen LogP) is 2.89. The summed E-state index contributed by atoms with van der Waals surface area (Å²) in [6.07, 6.45) is 0.699. The SMILES string of the molecule is O=C(Nc1ccc(N2CCCC2)nc1)C1CCN(CC(F)(F)F)CC1. The molecule has 5 nitrogen and oxygen atoms in total. The number of hydrogen-bond acceptors (Lipinski definition) is 4. The van der Waals surface area contributed by atoms with Gasteiger partial charge in [0.05, 0.1) is 18.4 Å². The number of amides is 1. The number of pyridine rings is 1. The molecule has 1 N–H and O–H groups in total. The van der Waals surface area contributed by atoms with Crippen molar-refractivity contribution >= 4 is 17.4 Å². The number of hydrogen-bond donors (Lipinski definition) is 1. The number of halogens is 3. The Morgan fingerprint density at radius 2 is 1.84 bits per heavy atom. The Morgan fingerprint density at radius 1 is 1.16 bits per heavy atom. The Hall–Kier alpha value is -1.83. The molecule has 25 heavy (non-hydrogen) atoms. The van der Waals surface area contributed by atoms with Crippen molar-refractivity contribution in [2.45, 2.75) is 31.9 Å². The molecule has 3 heterocycles. The van der Waals surface area contributed by atoms with E-state index in [9.17, 15) is 18.0 Å². The number of alkyl halides is 3. The van der Waals surface area contributed by atoms with Gasteiger partial charge in [-0.3, -0.25) is 9.69 Å². The van der Waals surface area contributed by atoms with Gasteiger partial charge < -0.3 is 10.2 Å². The zero-order chi connectivity index (χ0) is 17.9. The fraction of sp³-hybridized carbons (Fsp3) is 0.647. The second-order valence-electron chi connectivity index (χ2n) is 6.75. The normalized spacial score (nSPS) is 20.0. The summed E-state index contributed by atoms with van der Waals surface area (Å²) in [6.45, 7) is 1.71. The van der Waals surface area contributed by atoms with Gasteiger partial charge in [0.1, 0.15) is 5.82 Å². The van der Waals surface area contributed by atoms with Gasteiger partial charge in [0.15, 0.2) is 0 Å². The molecular weight excluding hydrogens is 333 g/mol. The van der Waals surface area contributed by atoms with E-state index in [0.717, 1.165) is 18.9 Å². The van der Waals surface area contributed by atoms with Crippen molar-refractivity contribution in [3.63, 3.8) is 0 Å². The standard InChI is InChI=1S/C17H23F3N4O/c18-17(19,20)12-23-9-5-13(6-10-23)16(25)22-14-3-4-15(21-11-14)24-7-1-2-8-24/h3-4,11,13H,1-2,5-10,12H2,(H,22,25). The minimum atomic E-state index is -4.18. The van der Waals surface area contributed by atoms with Crippen LogP contribution < -0.4 is 10.2 Å². The molecule has 2 saturated heterocycles. The molecule has 0 bridgehead atoms. The molecule has 1 aromatic rings. The average Bonchev–Trinajstić information content (AvgIpc) is 3.09. The minimum Gasteiger partial charge on any atom is -0.357 e. The first-order chi connectivity index (χ1) is 11.9. The third kappa shape index (κ3) is 5.07. The first-order valence-electron chi connectivity index (χ1n) is 8.72. The highest BCUT2D eigenvalue weighted by Crippen LogP contribution is 2.24. The Bertz CT molecular complexity index is 577. The topological polar surface area (TPSA) is 48.5 Å². The molecule has 0 radical (unpaired) electrons. The fourth-order valence-electron chi connectivity index (χ4n) is 3.44. The molecule has 1 aromatic heterocycles. The summed E-state index contributed by atoms with van der Waals surface area (Å²) < 4.78 is 37.2. The zero-order valence-corrected chi connectivity index (χ0v) is 14.1. The molecule has 2 aliphatic rings. The summed E-state index contributed by atoms with van der Waals surface area (Å²) in [5, 5.41) is 2.83. The second kappa shape index (κ2) is 7.59. The van der Waals surface area contributed by atoms with Crippen molar-refractivity contribution in [3.8, 4) is 0 Å². The molecule has 0 saturated carbocycles. The number of aromatic nitrogens is 1. The van der Waals surface area contributed by atoms with Gasteiger partial charge in [0.2, 0.25) is 5.91 Å². The zero-order valence-electron chi connectivity index (χ0n) is 14.1. The second-order valence-corrected chi connectivity index (χ2v) is 6.75. The fourth-order valence-corrected chi connectivity index (χ4v) is 3.44. The molecule has 2 aliphatic heterocycles. The van der Waals surface area contributed by atoms with E-state index >= 15 is 0 Å². The van der Waals surface area contributed by atoms with E-state index in [1.54, 1.807) is 6.20 Å². The molecular formula is C17H23F3N4O. The lowest BCUT2D eigenvalue weighted by Gasteiger charge is -2.31. The first kappa shape index (κ1) is 18.0. The van der Waals surface area contributed by atoms with Gasteiger partial charge >= 0.3 is 6.18 Å². The maximum Gasteiger partial charge on any atom is 0.401 e. The van der Waals surface area contributed by atoms with Crippen molar-refractivity contribution in [1.82, 2.24) is 9.88 Å². The van der Waals surface area contributed by atoms with Gasteiger partial charge in [-0.15, -0.1) is 0 Å². The minimum absolute atomic E-state index is 0.137. The van der Waals surface area contributed by atoms with Crippen LogP contribution in [0.25, 0.3) is 0 Å². The van der Waals surface area contributed by atoms with Gasteiger partial charge in [0.25, 0.3) is 0 Å². The van der Waals surface area contributed by atoms with Crippen LogP contribution in [0.1, 0.15) is 25.7 Å². The van der Waals surface area contributed by atoms with Crippen LogP contribution in [0.15, 0.2) is 18.3 Å². The number of likely N-dealkylation sites (tertiary alicyclic amines) is 1.